The summed E-state index contributed by atoms with van der Waals surface area (Å²) in [6.07, 6.45) is 8.40. The lowest BCUT2D eigenvalue weighted by Gasteiger charge is -2.41. The van der Waals surface area contributed by atoms with Gasteiger partial charge >= 0.3 is 0 Å². The molecule has 260 valence electrons. The van der Waals surface area contributed by atoms with Crippen molar-refractivity contribution in [2.75, 3.05) is 36.1 Å². The fourth-order valence-electron chi connectivity index (χ4n) is 8.58. The highest BCUT2D eigenvalue weighted by molar-refractivity contribution is 6.08. The van der Waals surface area contributed by atoms with E-state index in [1.54, 1.807) is 14.7 Å². The van der Waals surface area contributed by atoms with Gasteiger partial charge in [-0.05, 0) is 80.6 Å². The number of carbonyl (C=O) groups is 3. The summed E-state index contributed by atoms with van der Waals surface area (Å²) in [5.74, 6) is -2.12. The van der Waals surface area contributed by atoms with Crippen molar-refractivity contribution in [1.82, 2.24) is 4.90 Å². The van der Waals surface area contributed by atoms with Crippen molar-refractivity contribution in [3.8, 4) is 5.75 Å². The van der Waals surface area contributed by atoms with Gasteiger partial charge in [0.25, 0.3) is 5.91 Å². The molecule has 50 heavy (non-hydrogen) atoms. The minimum Gasteiger partial charge on any atom is -0.494 e. The van der Waals surface area contributed by atoms with Crippen LogP contribution in [-0.2, 0) is 25.5 Å². The lowest BCUT2D eigenvalue weighted by Crippen LogP contribution is -2.59. The Kier molecular flexibility index (Phi) is 8.90. The van der Waals surface area contributed by atoms with Crippen LogP contribution in [0.15, 0.2) is 97.1 Å². The highest BCUT2D eigenvalue weighted by atomic mass is 16.5. The van der Waals surface area contributed by atoms with E-state index < -0.39 is 35.1 Å². The van der Waals surface area contributed by atoms with Crippen molar-refractivity contribution >= 4 is 29.1 Å². The van der Waals surface area contributed by atoms with Crippen LogP contribution < -0.4 is 14.5 Å². The lowest BCUT2D eigenvalue weighted by molar-refractivity contribution is -0.149. The van der Waals surface area contributed by atoms with Gasteiger partial charge in [0.2, 0.25) is 11.8 Å². The average Bonchev–Trinajstić information content (AvgIpc) is 3.42. The molecule has 0 bridgehead atoms. The molecule has 1 spiro atoms. The number of aryl methyl sites for hydroxylation is 2. The number of aliphatic hydroxyl groups excluding tert-OH is 1. The topological polar surface area (TPSA) is 99.6 Å². The summed E-state index contributed by atoms with van der Waals surface area (Å²) in [6.45, 7) is 8.57. The molecule has 0 saturated carbocycles. The first-order chi connectivity index (χ1) is 24.2. The summed E-state index contributed by atoms with van der Waals surface area (Å²) in [5.41, 5.74) is 1.71. The summed E-state index contributed by atoms with van der Waals surface area (Å²) in [7, 11) is 0. The summed E-state index contributed by atoms with van der Waals surface area (Å²) in [5, 5.41) is 10.9. The molecule has 2 saturated heterocycles. The zero-order valence-electron chi connectivity index (χ0n) is 29.1. The number of hydrogen-bond acceptors (Lipinski definition) is 6. The van der Waals surface area contributed by atoms with E-state index in [2.05, 4.69) is 0 Å². The summed E-state index contributed by atoms with van der Waals surface area (Å²) >= 11 is 0. The monoisotopic (exact) mass is 675 g/mol. The highest BCUT2D eigenvalue weighted by Crippen LogP contribution is 2.59. The molecule has 7 rings (SSSR count). The van der Waals surface area contributed by atoms with Crippen LogP contribution in [0.5, 0.6) is 5.75 Å². The minimum absolute atomic E-state index is 0.239. The van der Waals surface area contributed by atoms with Crippen LogP contribution in [0.1, 0.15) is 37.0 Å². The molecule has 2 fully saturated rings. The van der Waals surface area contributed by atoms with E-state index in [0.717, 1.165) is 22.4 Å². The van der Waals surface area contributed by atoms with E-state index >= 15 is 9.59 Å². The zero-order chi connectivity index (χ0) is 35.2. The molecule has 4 aliphatic heterocycles. The molecule has 0 aliphatic carbocycles. The Morgan fingerprint density at radius 3 is 2.28 bits per heavy atom. The SMILES string of the molecule is CCOc1ccc(N2CC=C[C@]3(CC)O[C@]45C=CCN(c6cc(C)ccc6C)C(=O)C4N([C@@H](CO)Cc4ccccc4)C(=O)[C@@H]5[C@@H]3C2=O)cc1. The Hall–Kier alpha value is -4.73. The normalized spacial score (nSPS) is 27.9. The van der Waals surface area contributed by atoms with Gasteiger partial charge in [-0.15, -0.1) is 0 Å². The molecule has 6 atom stereocenters. The van der Waals surface area contributed by atoms with Gasteiger partial charge in [-0.3, -0.25) is 14.4 Å². The van der Waals surface area contributed by atoms with Crippen molar-refractivity contribution in [2.24, 2.45) is 11.8 Å². The summed E-state index contributed by atoms with van der Waals surface area (Å²) < 4.78 is 12.8. The van der Waals surface area contributed by atoms with Gasteiger partial charge < -0.3 is 29.3 Å². The molecule has 9 nitrogen and oxygen atoms in total. The molecule has 3 aromatic rings. The third-order valence-electron chi connectivity index (χ3n) is 10.9. The molecular formula is C41H45N3O6. The van der Waals surface area contributed by atoms with E-state index in [1.165, 1.54) is 0 Å². The van der Waals surface area contributed by atoms with Crippen molar-refractivity contribution < 1.29 is 29.0 Å². The maximum atomic E-state index is 15.2. The van der Waals surface area contributed by atoms with Crippen LogP contribution in [0.4, 0.5) is 11.4 Å². The molecule has 1 N–H and O–H groups in total. The number of fused-ring (bicyclic) bond motifs is 2. The number of anilines is 2. The minimum atomic E-state index is -1.45. The van der Waals surface area contributed by atoms with E-state index in [4.69, 9.17) is 9.47 Å². The molecular weight excluding hydrogens is 630 g/mol. The van der Waals surface area contributed by atoms with Crippen molar-refractivity contribution in [3.63, 3.8) is 0 Å². The second kappa shape index (κ2) is 13.2. The number of ether oxygens (including phenoxy) is 2. The average molecular weight is 676 g/mol. The molecule has 0 radical (unpaired) electrons. The number of aliphatic hydroxyl groups is 1. The largest absolute Gasteiger partial charge is 0.494 e. The fourth-order valence-corrected chi connectivity index (χ4v) is 8.58. The van der Waals surface area contributed by atoms with Crippen LogP contribution in [0.25, 0.3) is 0 Å². The van der Waals surface area contributed by atoms with Crippen LogP contribution in [-0.4, -0.2) is 77.3 Å². The second-order valence-electron chi connectivity index (χ2n) is 13.8. The summed E-state index contributed by atoms with van der Waals surface area (Å²) in [4.78, 5) is 50.3. The van der Waals surface area contributed by atoms with Crippen LogP contribution in [0.2, 0.25) is 0 Å². The van der Waals surface area contributed by atoms with E-state index in [9.17, 15) is 9.90 Å². The Labute approximate surface area is 293 Å². The zero-order valence-corrected chi connectivity index (χ0v) is 29.1. The molecule has 9 heteroatoms. The first-order valence-corrected chi connectivity index (χ1v) is 17.6. The van der Waals surface area contributed by atoms with Gasteiger partial charge in [0.15, 0.2) is 0 Å². The Bertz CT molecular complexity index is 1840. The van der Waals surface area contributed by atoms with Gasteiger partial charge in [0, 0.05) is 24.5 Å². The number of amides is 3. The maximum Gasteiger partial charge on any atom is 0.253 e. The Balaban J connectivity index is 1.37. The smallest absolute Gasteiger partial charge is 0.253 e. The van der Waals surface area contributed by atoms with Crippen molar-refractivity contribution in [1.29, 1.82) is 0 Å². The van der Waals surface area contributed by atoms with Crippen LogP contribution in [0, 0.1) is 25.7 Å². The Morgan fingerprint density at radius 2 is 1.58 bits per heavy atom. The molecule has 0 aromatic heterocycles. The second-order valence-corrected chi connectivity index (χ2v) is 13.8. The number of carbonyl (C=O) groups excluding carboxylic acids is 3. The highest BCUT2D eigenvalue weighted by Gasteiger charge is 2.76. The predicted octanol–water partition coefficient (Wildman–Crippen LogP) is 5.17. The quantitative estimate of drug-likeness (QED) is 0.315. The maximum absolute atomic E-state index is 15.2. The van der Waals surface area contributed by atoms with Crippen molar-refractivity contribution in [2.45, 2.75) is 63.8 Å². The third kappa shape index (κ3) is 5.34. The van der Waals surface area contributed by atoms with Gasteiger partial charge in [-0.1, -0.05) is 73.7 Å². The number of nitrogens with zero attached hydrogens (tertiary/aromatic N) is 3. The number of likely N-dealkylation sites (tertiary alicyclic amines) is 1. The van der Waals surface area contributed by atoms with E-state index in [0.29, 0.717) is 37.4 Å². The summed E-state index contributed by atoms with van der Waals surface area (Å²) in [6, 6.07) is 21.2. The standard InChI is InChI=1S/C41H45N3O6/c1-5-40-20-10-22-42(30-16-18-32(19-17-30)49-6-2)37(46)34(40)35-38(47)44(31(26-45)25-29-12-8-7-9-13-29)36-39(48)43(23-11-21-41(35,36)50-40)33-24-27(3)14-15-28(33)4/h7-21,24,31,34-36,45H,5-6,22-23,25-26H2,1-4H3/t31-,34-,35+,36?,40+,41+/m1/s1. The van der Waals surface area contributed by atoms with E-state index in [-0.39, 0.29) is 30.9 Å². The molecule has 4 heterocycles. The molecule has 3 aromatic carbocycles. The fraction of sp³-hybridized carbons (Fsp3) is 0.390. The Morgan fingerprint density at radius 1 is 0.860 bits per heavy atom. The van der Waals surface area contributed by atoms with Crippen LogP contribution >= 0.6 is 0 Å². The first kappa shape index (κ1) is 33.8. The number of rotatable bonds is 9. The van der Waals surface area contributed by atoms with Gasteiger partial charge in [0.05, 0.1) is 36.7 Å². The lowest BCUT2D eigenvalue weighted by atomic mass is 9.73. The molecule has 4 aliphatic rings. The van der Waals surface area contributed by atoms with Gasteiger partial charge in [-0.25, -0.2) is 0 Å². The van der Waals surface area contributed by atoms with Crippen LogP contribution in [0.3, 0.4) is 0 Å². The number of benzene rings is 3. The van der Waals surface area contributed by atoms with Gasteiger partial charge in [0.1, 0.15) is 17.4 Å². The first-order valence-electron chi connectivity index (χ1n) is 17.6. The van der Waals surface area contributed by atoms with Gasteiger partial charge in [-0.2, -0.15) is 0 Å². The van der Waals surface area contributed by atoms with E-state index in [1.807, 2.05) is 125 Å². The predicted molar refractivity (Wildman–Crippen MR) is 192 cm³/mol. The van der Waals surface area contributed by atoms with Crippen molar-refractivity contribution in [3.05, 3.63) is 114 Å². The third-order valence-corrected chi connectivity index (χ3v) is 10.9. The molecule has 1 unspecified atom stereocenters. The number of hydrogen-bond donors (Lipinski definition) is 1. The molecule has 3 amide bonds.